The lowest BCUT2D eigenvalue weighted by Gasteiger charge is -2.16. The van der Waals surface area contributed by atoms with E-state index in [4.69, 9.17) is 5.26 Å². The Morgan fingerprint density at radius 2 is 2.00 bits per heavy atom. The average molecular weight is 292 g/mol. The van der Waals surface area contributed by atoms with Crippen LogP contribution in [0.5, 0.6) is 0 Å². The van der Waals surface area contributed by atoms with Crippen LogP contribution in [-0.4, -0.2) is 15.0 Å². The Bertz CT molecular complexity index is 587. The third-order valence-corrected chi connectivity index (χ3v) is 5.53. The third-order valence-electron chi connectivity index (χ3n) is 4.09. The molecule has 0 aromatic heterocycles. The molecular weight excluding hydrogens is 272 g/mol. The number of sulfonamides is 1. The Morgan fingerprint density at radius 1 is 1.30 bits per heavy atom. The van der Waals surface area contributed by atoms with Gasteiger partial charge in [0.2, 0.25) is 10.0 Å². The van der Waals surface area contributed by atoms with Crippen LogP contribution in [0.4, 0.5) is 0 Å². The molecule has 0 aliphatic heterocycles. The fourth-order valence-corrected chi connectivity index (χ4v) is 3.80. The molecule has 0 radical (unpaired) electrons. The molecule has 0 amide bonds. The molecule has 20 heavy (non-hydrogen) atoms. The lowest BCUT2D eigenvalue weighted by molar-refractivity contribution is 0.414. The number of hydrogen-bond donors (Lipinski definition) is 1. The zero-order valence-corrected chi connectivity index (χ0v) is 12.5. The first-order chi connectivity index (χ1) is 9.53. The highest BCUT2D eigenvalue weighted by Crippen LogP contribution is 2.30. The van der Waals surface area contributed by atoms with Gasteiger partial charge in [-0.1, -0.05) is 31.9 Å². The van der Waals surface area contributed by atoms with Gasteiger partial charge in [0.25, 0.3) is 0 Å². The minimum absolute atomic E-state index is 0.268. The Kier molecular flexibility index (Phi) is 4.79. The molecule has 2 unspecified atom stereocenters. The van der Waals surface area contributed by atoms with E-state index in [2.05, 4.69) is 11.6 Å². The zero-order chi connectivity index (χ0) is 14.6. The lowest BCUT2D eigenvalue weighted by Crippen LogP contribution is -2.30. The van der Waals surface area contributed by atoms with Crippen LogP contribution in [0.3, 0.4) is 0 Å². The molecule has 0 heterocycles. The molecule has 108 valence electrons. The summed E-state index contributed by atoms with van der Waals surface area (Å²) in [6.45, 7) is 2.70. The summed E-state index contributed by atoms with van der Waals surface area (Å²) >= 11 is 0. The van der Waals surface area contributed by atoms with E-state index < -0.39 is 10.0 Å². The molecule has 1 saturated carbocycles. The van der Waals surface area contributed by atoms with Gasteiger partial charge < -0.3 is 0 Å². The highest BCUT2D eigenvalue weighted by Gasteiger charge is 2.25. The van der Waals surface area contributed by atoms with E-state index >= 15 is 0 Å². The van der Waals surface area contributed by atoms with Gasteiger partial charge in [-0.2, -0.15) is 5.26 Å². The van der Waals surface area contributed by atoms with E-state index in [1.54, 1.807) is 24.3 Å². The number of benzene rings is 1. The second-order valence-corrected chi connectivity index (χ2v) is 7.27. The predicted octanol–water partition coefficient (Wildman–Crippen LogP) is 2.47. The summed E-state index contributed by atoms with van der Waals surface area (Å²) in [5, 5.41) is 8.60. The molecule has 4 nitrogen and oxygen atoms in total. The summed E-state index contributed by atoms with van der Waals surface area (Å²) in [4.78, 5) is 0.268. The smallest absolute Gasteiger partial charge is 0.211 e. The molecule has 1 aliphatic rings. The van der Waals surface area contributed by atoms with Gasteiger partial charge in [0.05, 0.1) is 17.4 Å². The fraction of sp³-hybridized carbons (Fsp3) is 0.533. The Labute approximate surface area is 120 Å². The molecule has 1 fully saturated rings. The van der Waals surface area contributed by atoms with Crippen LogP contribution in [0.1, 0.15) is 31.7 Å². The van der Waals surface area contributed by atoms with Gasteiger partial charge in [-0.15, -0.1) is 0 Å². The van der Waals surface area contributed by atoms with Crippen molar-refractivity contribution in [1.29, 1.82) is 5.26 Å². The van der Waals surface area contributed by atoms with E-state index in [1.807, 2.05) is 6.07 Å². The standard InChI is InChI=1S/C15H20N2O2S/c1-12-3-2-4-14(12)11-17-20(18,19)15-7-5-13(6-8-15)9-10-16/h5-8,12,14,17H,2-4,9,11H2,1H3. The lowest BCUT2D eigenvalue weighted by atomic mass is 9.99. The summed E-state index contributed by atoms with van der Waals surface area (Å²) in [5.74, 6) is 1.04. The predicted molar refractivity (Wildman–Crippen MR) is 77.5 cm³/mol. The van der Waals surface area contributed by atoms with Gasteiger partial charge in [-0.05, 0) is 36.0 Å². The van der Waals surface area contributed by atoms with Crippen molar-refractivity contribution in [1.82, 2.24) is 4.72 Å². The highest BCUT2D eigenvalue weighted by atomic mass is 32.2. The van der Waals surface area contributed by atoms with Crippen molar-refractivity contribution in [2.24, 2.45) is 11.8 Å². The Balaban J connectivity index is 2.01. The van der Waals surface area contributed by atoms with E-state index in [-0.39, 0.29) is 4.90 Å². The third kappa shape index (κ3) is 3.59. The SMILES string of the molecule is CC1CCCC1CNS(=O)(=O)c1ccc(CC#N)cc1. The maximum Gasteiger partial charge on any atom is 0.240 e. The van der Waals surface area contributed by atoms with Crippen molar-refractivity contribution in [3.05, 3.63) is 29.8 Å². The summed E-state index contributed by atoms with van der Waals surface area (Å²) in [7, 11) is -3.44. The summed E-state index contributed by atoms with van der Waals surface area (Å²) in [6, 6.07) is 8.55. The molecule has 0 spiro atoms. The molecule has 0 saturated heterocycles. The van der Waals surface area contributed by atoms with Crippen LogP contribution in [0.25, 0.3) is 0 Å². The van der Waals surface area contributed by atoms with E-state index in [0.29, 0.717) is 24.8 Å². The number of nitrogens with zero attached hydrogens (tertiary/aromatic N) is 1. The first-order valence-corrected chi connectivity index (χ1v) is 8.47. The maximum absolute atomic E-state index is 12.2. The monoisotopic (exact) mass is 292 g/mol. The van der Waals surface area contributed by atoms with Gasteiger partial charge in [0, 0.05) is 6.54 Å². The molecule has 1 aromatic rings. The van der Waals surface area contributed by atoms with Gasteiger partial charge in [-0.3, -0.25) is 0 Å². The van der Waals surface area contributed by atoms with Gasteiger partial charge in [-0.25, -0.2) is 13.1 Å². The molecule has 1 aliphatic carbocycles. The van der Waals surface area contributed by atoms with Crippen molar-refractivity contribution in [2.45, 2.75) is 37.5 Å². The topological polar surface area (TPSA) is 70.0 Å². The molecule has 5 heteroatoms. The summed E-state index contributed by atoms with van der Waals surface area (Å²) < 4.78 is 27.1. The van der Waals surface area contributed by atoms with Gasteiger partial charge in [0.1, 0.15) is 0 Å². The van der Waals surface area contributed by atoms with Crippen LogP contribution >= 0.6 is 0 Å². The molecular formula is C15H20N2O2S. The van der Waals surface area contributed by atoms with Crippen molar-refractivity contribution in [2.75, 3.05) is 6.54 Å². The van der Waals surface area contributed by atoms with E-state index in [1.165, 1.54) is 12.8 Å². The molecule has 2 rings (SSSR count). The van der Waals surface area contributed by atoms with Crippen LogP contribution in [0, 0.1) is 23.2 Å². The first-order valence-electron chi connectivity index (χ1n) is 6.98. The summed E-state index contributed by atoms with van der Waals surface area (Å²) in [5.41, 5.74) is 0.830. The number of nitriles is 1. The van der Waals surface area contributed by atoms with E-state index in [0.717, 1.165) is 12.0 Å². The van der Waals surface area contributed by atoms with Crippen molar-refractivity contribution < 1.29 is 8.42 Å². The van der Waals surface area contributed by atoms with Crippen LogP contribution < -0.4 is 4.72 Å². The van der Waals surface area contributed by atoms with Crippen molar-refractivity contribution in [3.63, 3.8) is 0 Å². The number of rotatable bonds is 5. The number of nitrogens with one attached hydrogen (secondary N) is 1. The van der Waals surface area contributed by atoms with Gasteiger partial charge >= 0.3 is 0 Å². The molecule has 0 bridgehead atoms. The molecule has 2 atom stereocenters. The highest BCUT2D eigenvalue weighted by molar-refractivity contribution is 7.89. The molecule has 1 aromatic carbocycles. The zero-order valence-electron chi connectivity index (χ0n) is 11.7. The van der Waals surface area contributed by atoms with E-state index in [9.17, 15) is 8.42 Å². The fourth-order valence-electron chi connectivity index (χ4n) is 2.70. The first kappa shape index (κ1) is 15.0. The van der Waals surface area contributed by atoms with Crippen LogP contribution in [0.15, 0.2) is 29.2 Å². The maximum atomic E-state index is 12.2. The van der Waals surface area contributed by atoms with Crippen molar-refractivity contribution in [3.8, 4) is 6.07 Å². The second-order valence-electron chi connectivity index (χ2n) is 5.50. The minimum Gasteiger partial charge on any atom is -0.211 e. The minimum atomic E-state index is -3.44. The second kappa shape index (κ2) is 6.38. The Hall–Kier alpha value is -1.38. The molecule has 1 N–H and O–H groups in total. The Morgan fingerprint density at radius 3 is 2.55 bits per heavy atom. The largest absolute Gasteiger partial charge is 0.240 e. The van der Waals surface area contributed by atoms with Crippen LogP contribution in [-0.2, 0) is 16.4 Å². The summed E-state index contributed by atoms with van der Waals surface area (Å²) in [6.07, 6.45) is 3.78. The quantitative estimate of drug-likeness (QED) is 0.906. The average Bonchev–Trinajstić information content (AvgIpc) is 2.83. The van der Waals surface area contributed by atoms with Crippen molar-refractivity contribution >= 4 is 10.0 Å². The normalized spacial score (nSPS) is 22.6. The van der Waals surface area contributed by atoms with Crippen LogP contribution in [0.2, 0.25) is 0 Å². The van der Waals surface area contributed by atoms with Gasteiger partial charge in [0.15, 0.2) is 0 Å². The number of hydrogen-bond acceptors (Lipinski definition) is 3.